The van der Waals surface area contributed by atoms with Crippen LogP contribution in [0.3, 0.4) is 0 Å². The van der Waals surface area contributed by atoms with Crippen molar-refractivity contribution in [1.29, 1.82) is 0 Å². The summed E-state index contributed by atoms with van der Waals surface area (Å²) < 4.78 is 61.5. The van der Waals surface area contributed by atoms with E-state index >= 15 is 0 Å². The maximum atomic E-state index is 14.2. The van der Waals surface area contributed by atoms with Crippen molar-refractivity contribution in [2.24, 2.45) is 0 Å². The Morgan fingerprint density at radius 1 is 0.607 bits per heavy atom. The number of carbonyl (C=O) groups excluding carboxylic acids is 5. The van der Waals surface area contributed by atoms with Crippen LogP contribution in [0.2, 0.25) is 0 Å². The first-order valence-electron chi connectivity index (χ1n) is 31.0. The molecule has 502 valence electrons. The molecule has 2 aromatic rings. The van der Waals surface area contributed by atoms with Gasteiger partial charge in [0.15, 0.2) is 18.4 Å². The zero-order valence-electron chi connectivity index (χ0n) is 54.5. The minimum absolute atomic E-state index is 0.0979. The lowest BCUT2D eigenvalue weighted by Crippen LogP contribution is -2.72. The second-order valence-corrected chi connectivity index (χ2v) is 27.6. The van der Waals surface area contributed by atoms with Crippen molar-refractivity contribution in [2.75, 3.05) is 45.9 Å². The van der Waals surface area contributed by atoms with Crippen LogP contribution in [-0.2, 0) is 65.3 Å². The number of ether oxygens (including phenoxy) is 10. The zero-order valence-corrected chi connectivity index (χ0v) is 54.5. The van der Waals surface area contributed by atoms with Gasteiger partial charge in [-0.25, -0.2) is 19.2 Å². The lowest BCUT2D eigenvalue weighted by molar-refractivity contribution is -0.376. The van der Waals surface area contributed by atoms with Crippen LogP contribution in [0.25, 0.3) is 0 Å². The maximum Gasteiger partial charge on any atom is 0.408 e. The summed E-state index contributed by atoms with van der Waals surface area (Å²) in [5.74, 6) is -2.14. The third-order valence-electron chi connectivity index (χ3n) is 14.5. The highest BCUT2D eigenvalue weighted by atomic mass is 16.8. The van der Waals surface area contributed by atoms with E-state index in [-0.39, 0.29) is 26.0 Å². The standard InChI is InChI=1S/C63H102N8O18/c1-59(2,3)86-55(76)66-28-27-44(72)52(75)67-42-33-43(69-57(78)88-61(7,8)9)50(48(74)49(42)84-54-47(73)46(70-58(79)89-62(10,11)12)51-45(82-54)37-80-63(13,14)85-51)83-53-41(68-56(77)87-60(4,5)6)26-25-40(81-53)36-71(31-29-64-34-38-21-17-15-18-22-38)32-30-65-35-39-23-19-16-20-24-39/h15-24,40-51,53-54,64-65,72-74H,25-37H2,1-14H3,(H,66,76)(H,67,75)(H,68,77)(H,69,78)(H,70,79)/t40?,41?,42-,43+,44+,45?,46-,47?,48?,49+,50?,51-,53-,54-/m1/s1. The number of fused-ring (bicyclic) bond motifs is 1. The number of nitrogens with zero attached hydrogens (tertiary/aromatic N) is 1. The minimum Gasteiger partial charge on any atom is -0.444 e. The molecule has 26 heteroatoms. The molecule has 5 amide bonds. The Hall–Kier alpha value is -5.49. The predicted octanol–water partition coefficient (Wildman–Crippen LogP) is 4.59. The number of alkyl carbamates (subject to hydrolysis) is 4. The van der Waals surface area contributed by atoms with E-state index < -0.39 is 144 Å². The Labute approximate surface area is 524 Å². The minimum atomic E-state index is -1.89. The SMILES string of the molecule is CC(C)(C)OC(=O)NCC[C@H](O)C(=O)N[C@@H]1C[C@H](NC(=O)OC(C)(C)C)C(O[C@H]2OC(CN(CCNCc3ccccc3)CCNCc3ccccc3)CCC2NC(=O)OC(C)(C)C)C(O)[C@H]1O[C@H]1OC2COC(C)(C)O[C@H]2[C@H](NC(=O)OC(C)(C)C)C1O. The molecule has 6 unspecified atom stereocenters. The highest BCUT2D eigenvalue weighted by molar-refractivity contribution is 5.81. The van der Waals surface area contributed by atoms with Crippen LogP contribution in [0.5, 0.6) is 0 Å². The number of nitrogens with one attached hydrogen (secondary N) is 7. The van der Waals surface area contributed by atoms with E-state index in [1.165, 1.54) is 0 Å². The lowest BCUT2D eigenvalue weighted by Gasteiger charge is -2.52. The Morgan fingerprint density at radius 2 is 1.09 bits per heavy atom. The van der Waals surface area contributed by atoms with Crippen molar-refractivity contribution < 1.29 is 86.7 Å². The summed E-state index contributed by atoms with van der Waals surface area (Å²) in [6, 6.07) is 15.4. The lowest BCUT2D eigenvalue weighted by atomic mass is 9.83. The molecule has 0 spiro atoms. The molecule has 3 heterocycles. The number of hydrogen-bond acceptors (Lipinski definition) is 21. The first-order chi connectivity index (χ1) is 41.6. The molecule has 1 saturated carbocycles. The number of aliphatic hydroxyl groups excluding tert-OH is 3. The van der Waals surface area contributed by atoms with Crippen LogP contribution in [0, 0.1) is 0 Å². The molecule has 0 bridgehead atoms. The maximum absolute atomic E-state index is 14.2. The van der Waals surface area contributed by atoms with Gasteiger partial charge in [-0.2, -0.15) is 0 Å². The van der Waals surface area contributed by atoms with E-state index in [0.717, 1.165) is 11.1 Å². The topological polar surface area (TPSA) is 326 Å². The molecule has 6 rings (SSSR count). The van der Waals surface area contributed by atoms with Crippen LogP contribution in [0.15, 0.2) is 60.7 Å². The van der Waals surface area contributed by atoms with Crippen LogP contribution < -0.4 is 37.2 Å². The van der Waals surface area contributed by atoms with E-state index in [1.54, 1.807) is 96.9 Å². The highest BCUT2D eigenvalue weighted by Crippen LogP contribution is 2.37. The van der Waals surface area contributed by atoms with Crippen molar-refractivity contribution in [1.82, 2.24) is 42.1 Å². The van der Waals surface area contributed by atoms with Gasteiger partial charge in [0.25, 0.3) is 0 Å². The number of amides is 5. The van der Waals surface area contributed by atoms with Gasteiger partial charge in [0.05, 0.1) is 36.9 Å². The summed E-state index contributed by atoms with van der Waals surface area (Å²) >= 11 is 0. The Bertz CT molecular complexity index is 2500. The summed E-state index contributed by atoms with van der Waals surface area (Å²) in [7, 11) is 0. The Kier molecular flexibility index (Phi) is 26.2. The van der Waals surface area contributed by atoms with Crippen molar-refractivity contribution in [3.8, 4) is 0 Å². The fourth-order valence-electron chi connectivity index (χ4n) is 10.6. The number of rotatable bonds is 24. The second-order valence-electron chi connectivity index (χ2n) is 27.6. The van der Waals surface area contributed by atoms with Crippen molar-refractivity contribution >= 4 is 30.3 Å². The third-order valence-corrected chi connectivity index (χ3v) is 14.5. The Balaban J connectivity index is 1.35. The van der Waals surface area contributed by atoms with Gasteiger partial charge >= 0.3 is 24.4 Å². The summed E-state index contributed by atoms with van der Waals surface area (Å²) in [5.41, 5.74) is -1.38. The van der Waals surface area contributed by atoms with Gasteiger partial charge < -0.3 is 99.9 Å². The molecule has 0 radical (unpaired) electrons. The van der Waals surface area contributed by atoms with Gasteiger partial charge in [0, 0.05) is 52.4 Å². The molecule has 0 aromatic heterocycles. The van der Waals surface area contributed by atoms with E-state index in [1.807, 2.05) is 36.4 Å². The van der Waals surface area contributed by atoms with E-state index in [2.05, 4.69) is 66.4 Å². The van der Waals surface area contributed by atoms with Crippen LogP contribution >= 0.6 is 0 Å². The monoisotopic (exact) mass is 1260 g/mol. The van der Waals surface area contributed by atoms with Crippen molar-refractivity contribution in [2.45, 2.75) is 249 Å². The van der Waals surface area contributed by atoms with Gasteiger partial charge in [-0.05, 0) is 134 Å². The van der Waals surface area contributed by atoms with E-state index in [4.69, 9.17) is 47.4 Å². The van der Waals surface area contributed by atoms with Crippen LogP contribution in [0.1, 0.15) is 134 Å². The molecule has 4 fully saturated rings. The van der Waals surface area contributed by atoms with E-state index in [0.29, 0.717) is 58.7 Å². The predicted molar refractivity (Wildman–Crippen MR) is 327 cm³/mol. The molecule has 1 aliphatic carbocycles. The molecule has 10 N–H and O–H groups in total. The quantitative estimate of drug-likeness (QED) is 0.0508. The van der Waals surface area contributed by atoms with Gasteiger partial charge in [-0.1, -0.05) is 60.7 Å². The third kappa shape index (κ3) is 24.9. The molecule has 2 aromatic carbocycles. The molecule has 89 heavy (non-hydrogen) atoms. The molecular weight excluding hydrogens is 1160 g/mol. The molecular formula is C63H102N8O18. The van der Waals surface area contributed by atoms with Gasteiger partial charge in [0.1, 0.15) is 65.1 Å². The fraction of sp³-hybridized carbons (Fsp3) is 0.730. The normalized spacial score (nSPS) is 27.6. The highest BCUT2D eigenvalue weighted by Gasteiger charge is 2.56. The molecule has 3 aliphatic heterocycles. The summed E-state index contributed by atoms with van der Waals surface area (Å²) in [6.07, 6.45) is -17.3. The molecule has 3 saturated heterocycles. The summed E-state index contributed by atoms with van der Waals surface area (Å²) in [6.45, 7) is 27.6. The average Bonchev–Trinajstić information content (AvgIpc) is 3.07. The smallest absolute Gasteiger partial charge is 0.408 e. The molecule has 14 atom stereocenters. The summed E-state index contributed by atoms with van der Waals surface area (Å²) in [5, 5.41) is 57.7. The van der Waals surface area contributed by atoms with Gasteiger partial charge in [-0.15, -0.1) is 0 Å². The second kappa shape index (κ2) is 32.2. The van der Waals surface area contributed by atoms with Crippen LogP contribution in [0.4, 0.5) is 19.2 Å². The van der Waals surface area contributed by atoms with Crippen molar-refractivity contribution in [3.05, 3.63) is 71.8 Å². The number of hydrogen-bond donors (Lipinski definition) is 10. The molecule has 26 nitrogen and oxygen atoms in total. The first kappa shape index (κ1) is 72.6. The van der Waals surface area contributed by atoms with E-state index in [9.17, 15) is 39.3 Å². The van der Waals surface area contributed by atoms with Crippen molar-refractivity contribution in [3.63, 3.8) is 0 Å². The molecule has 4 aliphatic rings. The first-order valence-corrected chi connectivity index (χ1v) is 31.0. The number of benzene rings is 2. The van der Waals surface area contributed by atoms with Crippen LogP contribution in [-0.4, -0.2) is 210 Å². The Morgan fingerprint density at radius 3 is 1.62 bits per heavy atom. The van der Waals surface area contributed by atoms with Gasteiger partial charge in [0.2, 0.25) is 5.91 Å². The number of aliphatic hydroxyl groups is 3. The average molecular weight is 1260 g/mol. The fourth-order valence-corrected chi connectivity index (χ4v) is 10.6. The number of carbonyl (C=O) groups is 5. The summed E-state index contributed by atoms with van der Waals surface area (Å²) in [4.78, 5) is 70.2. The zero-order chi connectivity index (χ0) is 65.5. The van der Waals surface area contributed by atoms with Gasteiger partial charge in [-0.3, -0.25) is 9.69 Å². The largest absolute Gasteiger partial charge is 0.444 e.